The van der Waals surface area contributed by atoms with Crippen LogP contribution < -0.4 is 11.1 Å². The fourth-order valence-electron chi connectivity index (χ4n) is 2.67. The zero-order valence-electron chi connectivity index (χ0n) is 16.3. The van der Waals surface area contributed by atoms with E-state index in [2.05, 4.69) is 10.3 Å². The normalized spacial score (nSPS) is 11.4. The second-order valence-electron chi connectivity index (χ2n) is 6.52. The van der Waals surface area contributed by atoms with Crippen molar-refractivity contribution in [3.05, 3.63) is 64.7 Å². The average Bonchev–Trinajstić information content (AvgIpc) is 3.10. The Bertz CT molecular complexity index is 1100. The molecule has 1 heterocycles. The lowest BCUT2D eigenvalue weighted by molar-refractivity contribution is -0.137. The summed E-state index contributed by atoms with van der Waals surface area (Å²) in [4.78, 5) is 29.3. The summed E-state index contributed by atoms with van der Waals surface area (Å²) in [7, 11) is 0. The maximum Gasteiger partial charge on any atom is 0.416 e. The number of alkyl halides is 3. The number of halogens is 3. The number of benzene rings is 2. The van der Waals surface area contributed by atoms with Crippen LogP contribution in [0.4, 0.5) is 18.9 Å². The summed E-state index contributed by atoms with van der Waals surface area (Å²) in [6.07, 6.45) is -4.19. The highest BCUT2D eigenvalue weighted by Gasteiger charge is 2.30. The van der Waals surface area contributed by atoms with Crippen LogP contribution in [0.2, 0.25) is 0 Å². The fourth-order valence-corrected chi connectivity index (χ4v) is 4.61. The largest absolute Gasteiger partial charge is 0.416 e. The minimum Gasteiger partial charge on any atom is -0.370 e. The van der Waals surface area contributed by atoms with Crippen molar-refractivity contribution in [2.75, 3.05) is 11.1 Å². The van der Waals surface area contributed by atoms with Crippen LogP contribution in [-0.2, 0) is 11.0 Å². The van der Waals surface area contributed by atoms with E-state index < -0.39 is 17.6 Å². The number of thiazole rings is 1. The highest BCUT2D eigenvalue weighted by Crippen LogP contribution is 2.34. The smallest absolute Gasteiger partial charge is 0.370 e. The number of hydrogen-bond acceptors (Lipinski definition) is 5. The number of nitrogens with one attached hydrogen (secondary N) is 1. The molecule has 31 heavy (non-hydrogen) atoms. The Labute approximate surface area is 184 Å². The molecule has 3 aromatic rings. The minimum absolute atomic E-state index is 0.220. The quantitative estimate of drug-likeness (QED) is 0.460. The van der Waals surface area contributed by atoms with Gasteiger partial charge in [0.25, 0.3) is 5.91 Å². The first-order valence-electron chi connectivity index (χ1n) is 9.11. The number of hydrogen-bond donors (Lipinski definition) is 2. The lowest BCUT2D eigenvalue weighted by Crippen LogP contribution is -2.13. The summed E-state index contributed by atoms with van der Waals surface area (Å²) in [5.41, 5.74) is 6.00. The third-order valence-electron chi connectivity index (χ3n) is 4.20. The maximum absolute atomic E-state index is 12.8. The van der Waals surface area contributed by atoms with E-state index in [9.17, 15) is 22.8 Å². The van der Waals surface area contributed by atoms with E-state index in [0.29, 0.717) is 32.6 Å². The SMILES string of the molecule is Cc1nc(-c2ccc(C(F)(F)F)cc2)sc1C(=O)Nc1ccccc1SCCC(N)=O. The van der Waals surface area contributed by atoms with E-state index in [-0.39, 0.29) is 12.3 Å². The first-order valence-corrected chi connectivity index (χ1v) is 10.9. The van der Waals surface area contributed by atoms with Gasteiger partial charge in [-0.25, -0.2) is 4.98 Å². The topological polar surface area (TPSA) is 85.1 Å². The molecule has 0 aliphatic carbocycles. The molecule has 0 fully saturated rings. The molecule has 2 amide bonds. The molecule has 0 aliphatic heterocycles. The lowest BCUT2D eigenvalue weighted by atomic mass is 10.1. The van der Waals surface area contributed by atoms with Gasteiger partial charge < -0.3 is 11.1 Å². The standard InChI is InChI=1S/C21H18F3N3O2S2/c1-12-18(31-20(26-12)13-6-8-14(9-7-13)21(22,23)24)19(29)27-15-4-2-3-5-16(15)30-11-10-17(25)28/h2-9H,10-11H2,1H3,(H2,25,28)(H,27,29). The third-order valence-corrected chi connectivity index (χ3v) is 6.48. The fraction of sp³-hybridized carbons (Fsp3) is 0.190. The zero-order chi connectivity index (χ0) is 22.6. The molecule has 0 aliphatic rings. The summed E-state index contributed by atoms with van der Waals surface area (Å²) < 4.78 is 38.3. The molecule has 3 rings (SSSR count). The molecule has 0 radical (unpaired) electrons. The molecule has 0 saturated heterocycles. The molecule has 162 valence electrons. The first-order chi connectivity index (χ1) is 14.6. The van der Waals surface area contributed by atoms with Gasteiger partial charge in [0, 0.05) is 22.6 Å². The van der Waals surface area contributed by atoms with Gasteiger partial charge in [0.05, 0.1) is 16.9 Å². The summed E-state index contributed by atoms with van der Waals surface area (Å²) in [6, 6.07) is 11.8. The van der Waals surface area contributed by atoms with Crippen LogP contribution in [-0.4, -0.2) is 22.6 Å². The van der Waals surface area contributed by atoms with Crippen LogP contribution >= 0.6 is 23.1 Å². The number of nitrogens with zero attached hydrogens (tertiary/aromatic N) is 1. The van der Waals surface area contributed by atoms with Crippen molar-refractivity contribution < 1.29 is 22.8 Å². The molecular formula is C21H18F3N3O2S2. The van der Waals surface area contributed by atoms with Crippen molar-refractivity contribution in [1.29, 1.82) is 0 Å². The lowest BCUT2D eigenvalue weighted by Gasteiger charge is -2.10. The van der Waals surface area contributed by atoms with Gasteiger partial charge in [-0.15, -0.1) is 23.1 Å². The second-order valence-corrected chi connectivity index (χ2v) is 8.66. The number of carbonyl (C=O) groups is 2. The summed E-state index contributed by atoms with van der Waals surface area (Å²) in [6.45, 7) is 1.67. The van der Waals surface area contributed by atoms with Crippen molar-refractivity contribution in [2.45, 2.75) is 24.4 Å². The Hall–Kier alpha value is -2.85. The van der Waals surface area contributed by atoms with E-state index >= 15 is 0 Å². The van der Waals surface area contributed by atoms with Crippen LogP contribution in [0.25, 0.3) is 10.6 Å². The van der Waals surface area contributed by atoms with Crippen molar-refractivity contribution in [2.24, 2.45) is 5.73 Å². The Kier molecular flexibility index (Phi) is 7.01. The number of thioether (sulfide) groups is 1. The number of carbonyl (C=O) groups excluding carboxylic acids is 2. The third kappa shape index (κ3) is 5.86. The van der Waals surface area contributed by atoms with Crippen LogP contribution in [0.1, 0.15) is 27.3 Å². The van der Waals surface area contributed by atoms with Crippen LogP contribution in [0.5, 0.6) is 0 Å². The van der Waals surface area contributed by atoms with Gasteiger partial charge in [-0.3, -0.25) is 9.59 Å². The number of aryl methyl sites for hydroxylation is 1. The molecule has 0 bridgehead atoms. The van der Waals surface area contributed by atoms with E-state index in [1.54, 1.807) is 19.1 Å². The number of aromatic nitrogens is 1. The summed E-state index contributed by atoms with van der Waals surface area (Å²) in [5.74, 6) is -0.277. The predicted molar refractivity (Wildman–Crippen MR) is 116 cm³/mol. The number of para-hydroxylation sites is 1. The zero-order valence-corrected chi connectivity index (χ0v) is 18.0. The molecule has 10 heteroatoms. The number of amides is 2. The highest BCUT2D eigenvalue weighted by molar-refractivity contribution is 7.99. The molecule has 0 atom stereocenters. The van der Waals surface area contributed by atoms with Crippen LogP contribution in [0.15, 0.2) is 53.4 Å². The van der Waals surface area contributed by atoms with Gasteiger partial charge in [-0.2, -0.15) is 13.2 Å². The van der Waals surface area contributed by atoms with Gasteiger partial charge in [-0.1, -0.05) is 24.3 Å². The second kappa shape index (κ2) is 9.52. The van der Waals surface area contributed by atoms with Gasteiger partial charge >= 0.3 is 6.18 Å². The number of anilines is 1. The number of nitrogens with two attached hydrogens (primary N) is 1. The molecular weight excluding hydrogens is 447 g/mol. The van der Waals surface area contributed by atoms with E-state index in [1.165, 1.54) is 23.9 Å². The molecule has 0 saturated carbocycles. The van der Waals surface area contributed by atoms with Gasteiger partial charge in [0.1, 0.15) is 9.88 Å². The summed E-state index contributed by atoms with van der Waals surface area (Å²) >= 11 is 2.51. The van der Waals surface area contributed by atoms with Gasteiger partial charge in [0.15, 0.2) is 0 Å². The minimum atomic E-state index is -4.41. The Morgan fingerprint density at radius 1 is 1.13 bits per heavy atom. The Balaban J connectivity index is 1.77. The van der Waals surface area contributed by atoms with Gasteiger partial charge in [-0.05, 0) is 31.2 Å². The van der Waals surface area contributed by atoms with E-state index in [1.807, 2.05) is 12.1 Å². The molecule has 5 nitrogen and oxygen atoms in total. The first kappa shape index (κ1) is 22.8. The van der Waals surface area contributed by atoms with Crippen LogP contribution in [0.3, 0.4) is 0 Å². The predicted octanol–water partition coefficient (Wildman–Crippen LogP) is 5.36. The van der Waals surface area contributed by atoms with E-state index in [0.717, 1.165) is 28.4 Å². The number of rotatable bonds is 7. The molecule has 3 N–H and O–H groups in total. The monoisotopic (exact) mass is 465 g/mol. The maximum atomic E-state index is 12.8. The number of primary amides is 1. The Morgan fingerprint density at radius 2 is 1.81 bits per heavy atom. The van der Waals surface area contributed by atoms with Crippen molar-refractivity contribution in [1.82, 2.24) is 4.98 Å². The van der Waals surface area contributed by atoms with E-state index in [4.69, 9.17) is 5.73 Å². The van der Waals surface area contributed by atoms with Crippen molar-refractivity contribution >= 4 is 40.6 Å². The average molecular weight is 466 g/mol. The van der Waals surface area contributed by atoms with Crippen molar-refractivity contribution in [3.63, 3.8) is 0 Å². The molecule has 0 unspecified atom stereocenters. The van der Waals surface area contributed by atoms with Crippen LogP contribution in [0, 0.1) is 6.92 Å². The molecule has 0 spiro atoms. The molecule has 1 aromatic heterocycles. The molecule has 2 aromatic carbocycles. The summed E-state index contributed by atoms with van der Waals surface area (Å²) in [5, 5.41) is 3.30. The van der Waals surface area contributed by atoms with Gasteiger partial charge in [0.2, 0.25) is 5.91 Å². The highest BCUT2D eigenvalue weighted by atomic mass is 32.2. The van der Waals surface area contributed by atoms with Crippen molar-refractivity contribution in [3.8, 4) is 10.6 Å². The Morgan fingerprint density at radius 3 is 2.45 bits per heavy atom.